The van der Waals surface area contributed by atoms with Crippen LogP contribution in [-0.2, 0) is 10.3 Å². The van der Waals surface area contributed by atoms with Crippen molar-refractivity contribution in [2.24, 2.45) is 0 Å². The number of halogens is 2. The lowest BCUT2D eigenvalue weighted by Gasteiger charge is -2.23. The third kappa shape index (κ3) is 3.33. The van der Waals surface area contributed by atoms with Gasteiger partial charge in [-0.25, -0.2) is 19.5 Å². The highest BCUT2D eigenvalue weighted by molar-refractivity contribution is 5.98. The van der Waals surface area contributed by atoms with E-state index in [4.69, 9.17) is 19.6 Å². The van der Waals surface area contributed by atoms with E-state index >= 15 is 0 Å². The zero-order chi connectivity index (χ0) is 26.2. The minimum Gasteiger partial charge on any atom is -0.434 e. The number of carbonyl (C=O) groups is 1. The van der Waals surface area contributed by atoms with E-state index in [-0.39, 0.29) is 24.3 Å². The number of nitrogens with zero attached hydrogens (tertiary/aromatic N) is 6. The Bertz CT molecular complexity index is 1580. The third-order valence-electron chi connectivity index (χ3n) is 7.69. The fourth-order valence-electron chi connectivity index (χ4n) is 5.81. The molecule has 10 nitrogen and oxygen atoms in total. The number of amides is 1. The molecular formula is C26H22F2N6O4. The molecule has 3 atom stereocenters. The molecule has 1 fully saturated rings. The minimum absolute atomic E-state index is 0.0222. The van der Waals surface area contributed by atoms with Gasteiger partial charge in [-0.05, 0) is 24.6 Å². The maximum absolute atomic E-state index is 13.3. The van der Waals surface area contributed by atoms with Crippen molar-refractivity contribution in [3.63, 3.8) is 0 Å². The number of aliphatic hydroxyl groups is 1. The van der Waals surface area contributed by atoms with E-state index in [1.165, 1.54) is 6.07 Å². The van der Waals surface area contributed by atoms with Gasteiger partial charge in [-0.2, -0.15) is 13.9 Å². The van der Waals surface area contributed by atoms with E-state index in [0.717, 1.165) is 5.56 Å². The van der Waals surface area contributed by atoms with Crippen molar-refractivity contribution in [1.29, 1.82) is 0 Å². The predicted molar refractivity (Wildman–Crippen MR) is 128 cm³/mol. The summed E-state index contributed by atoms with van der Waals surface area (Å²) in [4.78, 5) is 28.5. The number of benzene rings is 1. The summed E-state index contributed by atoms with van der Waals surface area (Å²) in [5.74, 6) is -0.406. The first kappa shape index (κ1) is 23.1. The standard InChI is InChI=1S/C26H22F2N6O4/c1-33-17-9-15(19-14(23(33)35)3-2-4-18(19)38-25(27)28)20-21(17)32-34-7-5-16(31-22(20)34)13-10-29-24(30-11-13)26(36)6-8-37-12-26/h2-5,7,10-11,15,17,25,36H,6,8-9,12H2,1H3/t15-,17-,26?/m1/s1. The summed E-state index contributed by atoms with van der Waals surface area (Å²) in [6, 6.07) is 6.09. The lowest BCUT2D eigenvalue weighted by atomic mass is 9.89. The number of alkyl halides is 2. The fourth-order valence-corrected chi connectivity index (χ4v) is 5.81. The summed E-state index contributed by atoms with van der Waals surface area (Å²) >= 11 is 0. The van der Waals surface area contributed by atoms with Gasteiger partial charge in [0.05, 0.1) is 30.6 Å². The van der Waals surface area contributed by atoms with Crippen molar-refractivity contribution in [1.82, 2.24) is 29.5 Å². The highest BCUT2D eigenvalue weighted by Crippen LogP contribution is 2.53. The second-order valence-electron chi connectivity index (χ2n) is 9.83. The van der Waals surface area contributed by atoms with Crippen LogP contribution in [0.15, 0.2) is 42.9 Å². The summed E-state index contributed by atoms with van der Waals surface area (Å²) < 4.78 is 38.4. The van der Waals surface area contributed by atoms with Gasteiger partial charge in [0, 0.05) is 60.2 Å². The normalized spacial score (nSPS) is 24.1. The van der Waals surface area contributed by atoms with E-state index in [0.29, 0.717) is 59.0 Å². The molecule has 1 saturated heterocycles. The van der Waals surface area contributed by atoms with Crippen molar-refractivity contribution in [3.8, 4) is 17.0 Å². The van der Waals surface area contributed by atoms with Crippen LogP contribution in [0.25, 0.3) is 16.9 Å². The number of hydrogen-bond donors (Lipinski definition) is 1. The minimum atomic E-state index is -3.03. The average Bonchev–Trinajstić information content (AvgIpc) is 3.60. The lowest BCUT2D eigenvalue weighted by molar-refractivity contribution is -0.0505. The molecule has 3 aromatic heterocycles. The molecule has 1 aliphatic carbocycles. The first-order valence-corrected chi connectivity index (χ1v) is 12.2. The molecule has 2 bridgehead atoms. The molecular weight excluding hydrogens is 498 g/mol. The van der Waals surface area contributed by atoms with E-state index < -0.39 is 18.1 Å². The quantitative estimate of drug-likeness (QED) is 0.437. The number of rotatable bonds is 4. The predicted octanol–water partition coefficient (Wildman–Crippen LogP) is 3.06. The van der Waals surface area contributed by atoms with Crippen LogP contribution in [-0.4, -0.2) is 67.4 Å². The molecule has 3 aliphatic rings. The van der Waals surface area contributed by atoms with Gasteiger partial charge in [0.1, 0.15) is 11.4 Å². The molecule has 0 radical (unpaired) electrons. The summed E-state index contributed by atoms with van der Waals surface area (Å²) in [6.45, 7) is -2.43. The van der Waals surface area contributed by atoms with Crippen molar-refractivity contribution in [2.45, 2.75) is 37.0 Å². The van der Waals surface area contributed by atoms with Gasteiger partial charge in [0.15, 0.2) is 11.5 Å². The zero-order valence-electron chi connectivity index (χ0n) is 20.2. The van der Waals surface area contributed by atoms with Gasteiger partial charge in [-0.15, -0.1) is 0 Å². The molecule has 0 spiro atoms. The smallest absolute Gasteiger partial charge is 0.387 e. The van der Waals surface area contributed by atoms with E-state index in [2.05, 4.69) is 9.97 Å². The molecule has 0 saturated carbocycles. The molecule has 1 unspecified atom stereocenters. The molecule has 1 N–H and O–H groups in total. The summed E-state index contributed by atoms with van der Waals surface area (Å²) in [5.41, 5.74) is 2.79. The van der Waals surface area contributed by atoms with Crippen LogP contribution in [0.4, 0.5) is 8.78 Å². The third-order valence-corrected chi connectivity index (χ3v) is 7.69. The number of ether oxygens (including phenoxy) is 2. The first-order valence-electron chi connectivity index (χ1n) is 12.2. The van der Waals surface area contributed by atoms with Gasteiger partial charge in [0.25, 0.3) is 5.91 Å². The van der Waals surface area contributed by atoms with Crippen LogP contribution in [0.1, 0.15) is 57.8 Å². The molecule has 4 aromatic rings. The Hall–Kier alpha value is -4.03. The van der Waals surface area contributed by atoms with Crippen molar-refractivity contribution in [3.05, 3.63) is 71.1 Å². The average molecular weight is 520 g/mol. The van der Waals surface area contributed by atoms with Gasteiger partial charge in [-0.1, -0.05) is 6.07 Å². The number of carbonyl (C=O) groups excluding carboxylic acids is 1. The Morgan fingerprint density at radius 1 is 1.21 bits per heavy atom. The molecule has 1 amide bonds. The maximum Gasteiger partial charge on any atom is 0.387 e. The fraction of sp³-hybridized carbons (Fsp3) is 0.346. The Morgan fingerprint density at radius 2 is 2.03 bits per heavy atom. The monoisotopic (exact) mass is 520 g/mol. The van der Waals surface area contributed by atoms with Crippen LogP contribution in [0, 0.1) is 0 Å². The summed E-state index contributed by atoms with van der Waals surface area (Å²) in [7, 11) is 1.69. The first-order chi connectivity index (χ1) is 18.3. The SMILES string of the molecule is CN1C(=O)c2cccc(OC(F)F)c2[C@H]2C[C@@H]1c1nn3ccc(-c4cnc(C5(O)CCOC5)nc4)nc3c12. The number of aromatic nitrogens is 5. The Kier molecular flexibility index (Phi) is 5.01. The van der Waals surface area contributed by atoms with Crippen molar-refractivity contribution < 1.29 is 28.2 Å². The maximum atomic E-state index is 13.3. The molecule has 194 valence electrons. The van der Waals surface area contributed by atoms with Crippen LogP contribution < -0.4 is 4.74 Å². The molecule has 2 aliphatic heterocycles. The van der Waals surface area contributed by atoms with E-state index in [9.17, 15) is 18.7 Å². The lowest BCUT2D eigenvalue weighted by Crippen LogP contribution is -2.30. The second kappa shape index (κ2) is 8.23. The van der Waals surface area contributed by atoms with E-state index in [1.807, 2.05) is 0 Å². The van der Waals surface area contributed by atoms with Gasteiger partial charge >= 0.3 is 6.61 Å². The summed E-state index contributed by atoms with van der Waals surface area (Å²) in [5, 5.41) is 15.4. The number of fused-ring (bicyclic) bond motifs is 9. The summed E-state index contributed by atoms with van der Waals surface area (Å²) in [6.07, 6.45) is 5.88. The van der Waals surface area contributed by atoms with Crippen LogP contribution in [0.3, 0.4) is 0 Å². The van der Waals surface area contributed by atoms with E-state index in [1.54, 1.807) is 53.3 Å². The highest BCUT2D eigenvalue weighted by atomic mass is 19.3. The van der Waals surface area contributed by atoms with Crippen LogP contribution in [0.5, 0.6) is 5.75 Å². The topological polar surface area (TPSA) is 115 Å². The molecule has 12 heteroatoms. The highest BCUT2D eigenvalue weighted by Gasteiger charge is 2.46. The van der Waals surface area contributed by atoms with Crippen molar-refractivity contribution in [2.75, 3.05) is 20.3 Å². The molecule has 7 rings (SSSR count). The van der Waals surface area contributed by atoms with Crippen LogP contribution in [0.2, 0.25) is 0 Å². The van der Waals surface area contributed by atoms with Gasteiger partial charge < -0.3 is 19.5 Å². The molecule has 38 heavy (non-hydrogen) atoms. The molecule has 1 aromatic carbocycles. The van der Waals surface area contributed by atoms with Crippen molar-refractivity contribution >= 4 is 11.6 Å². The molecule has 5 heterocycles. The second-order valence-corrected chi connectivity index (χ2v) is 9.83. The Morgan fingerprint density at radius 3 is 2.76 bits per heavy atom. The Labute approximate surface area is 214 Å². The van der Waals surface area contributed by atoms with Gasteiger partial charge in [0.2, 0.25) is 0 Å². The largest absolute Gasteiger partial charge is 0.434 e. The zero-order valence-corrected chi connectivity index (χ0v) is 20.2. The number of hydrogen-bond acceptors (Lipinski definition) is 8. The van der Waals surface area contributed by atoms with Crippen LogP contribution >= 0.6 is 0 Å². The Balaban J connectivity index is 1.35. The van der Waals surface area contributed by atoms with Gasteiger partial charge in [-0.3, -0.25) is 4.79 Å².